The minimum Gasteiger partial charge on any atom is -0.456 e. The summed E-state index contributed by atoms with van der Waals surface area (Å²) >= 11 is 0. The third-order valence-corrected chi connectivity index (χ3v) is 8.95. The minimum atomic E-state index is -0.0649. The summed E-state index contributed by atoms with van der Waals surface area (Å²) in [6.07, 6.45) is 0. The Bertz CT molecular complexity index is 2310. The van der Waals surface area contributed by atoms with E-state index in [1.54, 1.807) is 0 Å². The molecule has 184 valence electrons. The molecular formula is C37H25NO. The van der Waals surface area contributed by atoms with E-state index in [9.17, 15) is 0 Å². The van der Waals surface area contributed by atoms with Crippen LogP contribution in [0.5, 0.6) is 0 Å². The van der Waals surface area contributed by atoms with Gasteiger partial charge in [0, 0.05) is 32.6 Å². The quantitative estimate of drug-likeness (QED) is 0.220. The molecule has 0 bridgehead atoms. The molecule has 2 aromatic heterocycles. The highest BCUT2D eigenvalue weighted by atomic mass is 16.3. The average molecular weight is 500 g/mol. The lowest BCUT2D eigenvalue weighted by atomic mass is 9.80. The number of fused-ring (bicyclic) bond motifs is 11. The Morgan fingerprint density at radius 3 is 2.23 bits per heavy atom. The van der Waals surface area contributed by atoms with Gasteiger partial charge in [-0.05, 0) is 75.5 Å². The zero-order valence-corrected chi connectivity index (χ0v) is 21.8. The zero-order valence-electron chi connectivity index (χ0n) is 21.8. The van der Waals surface area contributed by atoms with E-state index in [1.807, 2.05) is 12.1 Å². The number of furan rings is 1. The van der Waals surface area contributed by atoms with E-state index in [4.69, 9.17) is 4.42 Å². The molecular weight excluding hydrogens is 474 g/mol. The summed E-state index contributed by atoms with van der Waals surface area (Å²) in [5.74, 6) is 0. The standard InChI is InChI=1S/C37H25NO/c1-37(2)31-12-6-3-9-24(31)27-17-15-22-19-29-25-10-4-7-13-32(25)38(33(29)21-28(22)36(27)37)23-16-18-35-30(20-23)26-11-5-8-14-34(26)39-35/h3-21H,1-2H3. The third kappa shape index (κ3) is 2.66. The van der Waals surface area contributed by atoms with E-state index in [-0.39, 0.29) is 5.41 Å². The summed E-state index contributed by atoms with van der Waals surface area (Å²) in [6.45, 7) is 4.74. The van der Waals surface area contributed by atoms with Gasteiger partial charge in [0.05, 0.1) is 11.0 Å². The van der Waals surface area contributed by atoms with Crippen LogP contribution in [-0.2, 0) is 5.41 Å². The van der Waals surface area contributed by atoms with Gasteiger partial charge in [-0.3, -0.25) is 0 Å². The summed E-state index contributed by atoms with van der Waals surface area (Å²) in [5, 5.41) is 7.48. The van der Waals surface area contributed by atoms with Crippen molar-refractivity contribution in [3.63, 3.8) is 0 Å². The number of benzene rings is 6. The molecule has 0 atom stereocenters. The fourth-order valence-corrected chi connectivity index (χ4v) is 7.21. The Hall–Kier alpha value is -4.82. The lowest BCUT2D eigenvalue weighted by Gasteiger charge is -2.23. The van der Waals surface area contributed by atoms with Gasteiger partial charge in [0.1, 0.15) is 11.2 Å². The summed E-state index contributed by atoms with van der Waals surface area (Å²) < 4.78 is 8.58. The molecule has 0 fully saturated rings. The zero-order chi connectivity index (χ0) is 25.9. The van der Waals surface area contributed by atoms with Crippen molar-refractivity contribution in [3.8, 4) is 16.8 Å². The SMILES string of the molecule is CC1(C)c2ccccc2-c2ccc3cc4c5ccccc5n(-c5ccc6oc7ccccc7c6c5)c4cc3c21. The normalized spacial score (nSPS) is 14.1. The Kier molecular flexibility index (Phi) is 3.89. The predicted octanol–water partition coefficient (Wildman–Crippen LogP) is 10.1. The molecule has 0 spiro atoms. The van der Waals surface area contributed by atoms with Crippen LogP contribution in [0.1, 0.15) is 25.0 Å². The Morgan fingerprint density at radius 1 is 0.538 bits per heavy atom. The number of rotatable bonds is 1. The van der Waals surface area contributed by atoms with E-state index >= 15 is 0 Å². The Morgan fingerprint density at radius 2 is 1.31 bits per heavy atom. The monoisotopic (exact) mass is 499 g/mol. The topological polar surface area (TPSA) is 18.1 Å². The fraction of sp³-hybridized carbons (Fsp3) is 0.0811. The molecule has 0 unspecified atom stereocenters. The molecule has 2 heteroatoms. The second-order valence-corrected chi connectivity index (χ2v) is 11.4. The van der Waals surface area contributed by atoms with Crippen molar-refractivity contribution in [2.45, 2.75) is 19.3 Å². The molecule has 1 aliphatic carbocycles. The van der Waals surface area contributed by atoms with Crippen molar-refractivity contribution in [3.05, 3.63) is 126 Å². The molecule has 1 aliphatic rings. The molecule has 0 N–H and O–H groups in total. The number of nitrogens with zero attached hydrogens (tertiary/aromatic N) is 1. The van der Waals surface area contributed by atoms with Crippen LogP contribution in [0.15, 0.2) is 120 Å². The fourth-order valence-electron chi connectivity index (χ4n) is 7.21. The van der Waals surface area contributed by atoms with Gasteiger partial charge in [0.25, 0.3) is 0 Å². The smallest absolute Gasteiger partial charge is 0.135 e. The molecule has 0 saturated carbocycles. The summed E-state index contributed by atoms with van der Waals surface area (Å²) in [5.41, 5.74) is 10.9. The van der Waals surface area contributed by atoms with Gasteiger partial charge in [-0.1, -0.05) is 86.6 Å². The summed E-state index contributed by atoms with van der Waals surface area (Å²) in [4.78, 5) is 0. The molecule has 2 heterocycles. The molecule has 0 amide bonds. The van der Waals surface area contributed by atoms with Crippen LogP contribution in [0.2, 0.25) is 0 Å². The minimum absolute atomic E-state index is 0.0649. The molecule has 0 saturated heterocycles. The highest BCUT2D eigenvalue weighted by Crippen LogP contribution is 2.52. The molecule has 39 heavy (non-hydrogen) atoms. The van der Waals surface area contributed by atoms with Gasteiger partial charge in [-0.25, -0.2) is 0 Å². The van der Waals surface area contributed by atoms with E-state index in [1.165, 1.54) is 54.8 Å². The highest BCUT2D eigenvalue weighted by Gasteiger charge is 2.36. The largest absolute Gasteiger partial charge is 0.456 e. The van der Waals surface area contributed by atoms with E-state index in [2.05, 4.69) is 122 Å². The van der Waals surface area contributed by atoms with Gasteiger partial charge < -0.3 is 8.98 Å². The maximum Gasteiger partial charge on any atom is 0.135 e. The first-order valence-corrected chi connectivity index (χ1v) is 13.6. The second kappa shape index (κ2) is 7.18. The molecule has 0 radical (unpaired) electrons. The maximum atomic E-state index is 6.15. The van der Waals surface area contributed by atoms with Crippen molar-refractivity contribution in [1.82, 2.24) is 4.57 Å². The van der Waals surface area contributed by atoms with Crippen LogP contribution in [0.25, 0.3) is 71.3 Å². The lowest BCUT2D eigenvalue weighted by Crippen LogP contribution is -2.15. The summed E-state index contributed by atoms with van der Waals surface area (Å²) in [7, 11) is 0. The highest BCUT2D eigenvalue weighted by molar-refractivity contribution is 6.15. The Balaban J connectivity index is 1.41. The number of hydrogen-bond donors (Lipinski definition) is 0. The van der Waals surface area contributed by atoms with Crippen molar-refractivity contribution in [2.24, 2.45) is 0 Å². The van der Waals surface area contributed by atoms with Crippen molar-refractivity contribution < 1.29 is 4.42 Å². The first-order valence-electron chi connectivity index (χ1n) is 13.6. The molecule has 9 rings (SSSR count). The van der Waals surface area contributed by atoms with Crippen molar-refractivity contribution >= 4 is 54.5 Å². The molecule has 0 aliphatic heterocycles. The van der Waals surface area contributed by atoms with Crippen LogP contribution in [0.4, 0.5) is 0 Å². The van der Waals surface area contributed by atoms with Gasteiger partial charge in [0.2, 0.25) is 0 Å². The van der Waals surface area contributed by atoms with E-state index in [0.717, 1.165) is 27.6 Å². The van der Waals surface area contributed by atoms with E-state index < -0.39 is 0 Å². The average Bonchev–Trinajstić information content (AvgIpc) is 3.57. The van der Waals surface area contributed by atoms with Gasteiger partial charge in [-0.2, -0.15) is 0 Å². The molecule has 2 nitrogen and oxygen atoms in total. The van der Waals surface area contributed by atoms with Gasteiger partial charge in [-0.15, -0.1) is 0 Å². The van der Waals surface area contributed by atoms with Crippen LogP contribution < -0.4 is 0 Å². The van der Waals surface area contributed by atoms with Gasteiger partial charge >= 0.3 is 0 Å². The van der Waals surface area contributed by atoms with Crippen LogP contribution in [0, 0.1) is 0 Å². The first-order chi connectivity index (χ1) is 19.1. The van der Waals surface area contributed by atoms with Crippen LogP contribution in [0.3, 0.4) is 0 Å². The Labute approximate surface area is 225 Å². The number of aromatic nitrogens is 1. The van der Waals surface area contributed by atoms with Crippen molar-refractivity contribution in [1.29, 1.82) is 0 Å². The van der Waals surface area contributed by atoms with E-state index in [0.29, 0.717) is 0 Å². The first kappa shape index (κ1) is 21.2. The third-order valence-electron chi connectivity index (χ3n) is 8.95. The summed E-state index contributed by atoms with van der Waals surface area (Å²) in [6, 6.07) is 42.0. The maximum absolute atomic E-state index is 6.15. The van der Waals surface area contributed by atoms with Crippen LogP contribution >= 0.6 is 0 Å². The molecule has 6 aromatic carbocycles. The molecule has 8 aromatic rings. The lowest BCUT2D eigenvalue weighted by molar-refractivity contribution is 0.666. The van der Waals surface area contributed by atoms with Gasteiger partial charge in [0.15, 0.2) is 0 Å². The second-order valence-electron chi connectivity index (χ2n) is 11.4. The number of hydrogen-bond acceptors (Lipinski definition) is 1. The van der Waals surface area contributed by atoms with Crippen LogP contribution in [-0.4, -0.2) is 4.57 Å². The predicted molar refractivity (Wildman–Crippen MR) is 163 cm³/mol. The number of para-hydroxylation sites is 2. The van der Waals surface area contributed by atoms with Crippen molar-refractivity contribution in [2.75, 3.05) is 0 Å².